The van der Waals surface area contributed by atoms with Crippen LogP contribution in [0.1, 0.15) is 6.92 Å². The average molecular weight is 306 g/mol. The summed E-state index contributed by atoms with van der Waals surface area (Å²) < 4.78 is 8.50. The second-order valence-corrected chi connectivity index (χ2v) is 5.08. The Balaban J connectivity index is 1.98. The first-order valence-corrected chi connectivity index (χ1v) is 7.26. The van der Waals surface area contributed by atoms with Gasteiger partial charge >= 0.3 is 0 Å². The Bertz CT molecular complexity index is 742. The number of benzene rings is 1. The van der Waals surface area contributed by atoms with E-state index < -0.39 is 0 Å². The third-order valence-corrected chi connectivity index (χ3v) is 3.62. The van der Waals surface area contributed by atoms with Crippen LogP contribution in [0.25, 0.3) is 11.0 Å². The molecule has 5 nitrogen and oxygen atoms in total. The maximum atomic E-state index is 6.25. The summed E-state index contributed by atoms with van der Waals surface area (Å²) in [6, 6.07) is 7.50. The van der Waals surface area contributed by atoms with Crippen molar-refractivity contribution >= 4 is 51.6 Å². The molecular weight excluding hydrogens is 294 g/mol. The van der Waals surface area contributed by atoms with E-state index in [2.05, 4.69) is 24.4 Å². The quantitative estimate of drug-likeness (QED) is 0.765. The number of nitrogens with zero attached hydrogens (tertiary/aromatic N) is 3. The monoisotopic (exact) mass is 305 g/mol. The summed E-state index contributed by atoms with van der Waals surface area (Å²) in [6.45, 7) is 2.85. The van der Waals surface area contributed by atoms with Crippen LogP contribution >= 0.6 is 23.3 Å². The van der Waals surface area contributed by atoms with E-state index in [4.69, 9.17) is 11.6 Å². The van der Waals surface area contributed by atoms with Crippen molar-refractivity contribution in [3.05, 3.63) is 35.5 Å². The highest BCUT2D eigenvalue weighted by atomic mass is 35.5. The molecule has 3 rings (SSSR count). The van der Waals surface area contributed by atoms with Crippen LogP contribution in [0.2, 0.25) is 5.02 Å². The van der Waals surface area contributed by atoms with Gasteiger partial charge in [0.15, 0.2) is 0 Å². The number of fused-ring (bicyclic) bond motifs is 1. The molecule has 0 saturated heterocycles. The van der Waals surface area contributed by atoms with Gasteiger partial charge in [-0.05, 0) is 25.1 Å². The van der Waals surface area contributed by atoms with Crippen molar-refractivity contribution in [2.24, 2.45) is 0 Å². The molecule has 1 aromatic carbocycles. The van der Waals surface area contributed by atoms with E-state index >= 15 is 0 Å². The van der Waals surface area contributed by atoms with Gasteiger partial charge in [0.05, 0.1) is 22.4 Å². The van der Waals surface area contributed by atoms with Crippen molar-refractivity contribution in [3.63, 3.8) is 0 Å². The third-order valence-electron chi connectivity index (χ3n) is 2.76. The third kappa shape index (κ3) is 2.52. The van der Waals surface area contributed by atoms with Crippen LogP contribution in [0.3, 0.4) is 0 Å². The minimum Gasteiger partial charge on any atom is -0.370 e. The van der Waals surface area contributed by atoms with Gasteiger partial charge in [-0.2, -0.15) is 8.75 Å². The standard InChI is InChI=1S/C13H12ClN5S/c1-2-15-11-7-8(5-6-16-11)17-12-9(14)3-4-10-13(12)19-20-18-10/h3-7H,2H2,1H3,(H2,15,16,17). The molecule has 0 amide bonds. The Kier molecular flexibility index (Phi) is 3.66. The summed E-state index contributed by atoms with van der Waals surface area (Å²) in [7, 11) is 0. The second kappa shape index (κ2) is 5.60. The zero-order chi connectivity index (χ0) is 13.9. The number of pyridine rings is 1. The Morgan fingerprint density at radius 2 is 2.15 bits per heavy atom. The lowest BCUT2D eigenvalue weighted by atomic mass is 10.2. The molecule has 0 spiro atoms. The lowest BCUT2D eigenvalue weighted by Gasteiger charge is -2.10. The van der Waals surface area contributed by atoms with E-state index in [0.717, 1.165) is 34.8 Å². The normalized spacial score (nSPS) is 10.7. The van der Waals surface area contributed by atoms with Gasteiger partial charge in [0, 0.05) is 24.5 Å². The van der Waals surface area contributed by atoms with Crippen LogP contribution in [0.15, 0.2) is 30.5 Å². The first-order chi connectivity index (χ1) is 9.78. The molecule has 7 heteroatoms. The van der Waals surface area contributed by atoms with Crippen LogP contribution in [0.4, 0.5) is 17.2 Å². The average Bonchev–Trinajstić information content (AvgIpc) is 2.91. The molecule has 0 bridgehead atoms. The summed E-state index contributed by atoms with van der Waals surface area (Å²) in [5, 5.41) is 7.08. The van der Waals surface area contributed by atoms with E-state index in [-0.39, 0.29) is 0 Å². The number of hydrogen-bond acceptors (Lipinski definition) is 6. The summed E-state index contributed by atoms with van der Waals surface area (Å²) in [6.07, 6.45) is 1.74. The highest BCUT2D eigenvalue weighted by molar-refractivity contribution is 7.00. The largest absolute Gasteiger partial charge is 0.370 e. The van der Waals surface area contributed by atoms with Gasteiger partial charge in [-0.3, -0.25) is 0 Å². The molecule has 2 heterocycles. The topological polar surface area (TPSA) is 62.7 Å². The summed E-state index contributed by atoms with van der Waals surface area (Å²) in [5.41, 5.74) is 3.29. The minimum atomic E-state index is 0.618. The van der Waals surface area contributed by atoms with Crippen LogP contribution in [-0.4, -0.2) is 20.3 Å². The Morgan fingerprint density at radius 1 is 1.25 bits per heavy atom. The molecule has 0 atom stereocenters. The van der Waals surface area contributed by atoms with Gasteiger partial charge in [0.2, 0.25) is 0 Å². The fourth-order valence-corrected chi connectivity index (χ4v) is 2.62. The first-order valence-electron chi connectivity index (χ1n) is 6.15. The predicted octanol–water partition coefficient (Wildman–Crippen LogP) is 3.92. The molecule has 0 aliphatic carbocycles. The van der Waals surface area contributed by atoms with Crippen LogP contribution in [-0.2, 0) is 0 Å². The SMILES string of the molecule is CCNc1cc(Nc2c(Cl)ccc3nsnc23)ccn1. The molecule has 2 N–H and O–H groups in total. The van der Waals surface area contributed by atoms with Crippen molar-refractivity contribution in [3.8, 4) is 0 Å². The van der Waals surface area contributed by atoms with Crippen LogP contribution in [0.5, 0.6) is 0 Å². The van der Waals surface area contributed by atoms with Crippen molar-refractivity contribution in [2.45, 2.75) is 6.92 Å². The van der Waals surface area contributed by atoms with Gasteiger partial charge in [0.1, 0.15) is 16.9 Å². The zero-order valence-electron chi connectivity index (χ0n) is 10.7. The molecule has 20 heavy (non-hydrogen) atoms. The number of anilines is 3. The Morgan fingerprint density at radius 3 is 3.00 bits per heavy atom. The zero-order valence-corrected chi connectivity index (χ0v) is 12.3. The summed E-state index contributed by atoms with van der Waals surface area (Å²) in [5.74, 6) is 0.817. The second-order valence-electron chi connectivity index (χ2n) is 4.14. The maximum Gasteiger partial charge on any atom is 0.129 e. The number of nitrogens with one attached hydrogen (secondary N) is 2. The predicted molar refractivity (Wildman–Crippen MR) is 84.1 cm³/mol. The highest BCUT2D eigenvalue weighted by Crippen LogP contribution is 2.32. The fraction of sp³-hybridized carbons (Fsp3) is 0.154. The first kappa shape index (κ1) is 13.1. The Hall–Kier alpha value is -1.92. The molecule has 0 aliphatic rings. The molecule has 0 radical (unpaired) electrons. The molecule has 2 aromatic heterocycles. The summed E-state index contributed by atoms with van der Waals surface area (Å²) >= 11 is 7.43. The molecular formula is C13H12ClN5S. The van der Waals surface area contributed by atoms with E-state index in [9.17, 15) is 0 Å². The van der Waals surface area contributed by atoms with E-state index in [0.29, 0.717) is 5.02 Å². The van der Waals surface area contributed by atoms with Crippen molar-refractivity contribution in [2.75, 3.05) is 17.2 Å². The van der Waals surface area contributed by atoms with E-state index in [1.54, 1.807) is 6.20 Å². The minimum absolute atomic E-state index is 0.618. The Labute approximate surface area is 125 Å². The molecule has 3 aromatic rings. The van der Waals surface area contributed by atoms with Gasteiger partial charge in [-0.15, -0.1) is 0 Å². The van der Waals surface area contributed by atoms with E-state index in [1.807, 2.05) is 31.2 Å². The van der Waals surface area contributed by atoms with Crippen molar-refractivity contribution < 1.29 is 0 Å². The lowest BCUT2D eigenvalue weighted by Crippen LogP contribution is -2.00. The molecule has 0 saturated carbocycles. The van der Waals surface area contributed by atoms with E-state index in [1.165, 1.54) is 11.7 Å². The molecule has 102 valence electrons. The van der Waals surface area contributed by atoms with Crippen molar-refractivity contribution in [1.82, 2.24) is 13.7 Å². The highest BCUT2D eigenvalue weighted by Gasteiger charge is 2.10. The maximum absolute atomic E-state index is 6.25. The molecule has 0 unspecified atom stereocenters. The van der Waals surface area contributed by atoms with Crippen molar-refractivity contribution in [1.29, 1.82) is 0 Å². The lowest BCUT2D eigenvalue weighted by molar-refractivity contribution is 1.16. The number of halogens is 1. The van der Waals surface area contributed by atoms with Crippen LogP contribution in [0, 0.1) is 0 Å². The van der Waals surface area contributed by atoms with Gasteiger partial charge in [-0.1, -0.05) is 11.6 Å². The number of aromatic nitrogens is 3. The fourth-order valence-electron chi connectivity index (χ4n) is 1.88. The van der Waals surface area contributed by atoms with Gasteiger partial charge in [0.25, 0.3) is 0 Å². The smallest absolute Gasteiger partial charge is 0.129 e. The molecule has 0 aliphatic heterocycles. The van der Waals surface area contributed by atoms with Gasteiger partial charge in [-0.25, -0.2) is 4.98 Å². The number of hydrogen-bond donors (Lipinski definition) is 2. The van der Waals surface area contributed by atoms with Gasteiger partial charge < -0.3 is 10.6 Å². The summed E-state index contributed by atoms with van der Waals surface area (Å²) in [4.78, 5) is 4.24. The molecule has 0 fully saturated rings. The van der Waals surface area contributed by atoms with Crippen LogP contribution < -0.4 is 10.6 Å². The number of rotatable bonds is 4.